The zero-order valence-corrected chi connectivity index (χ0v) is 9.77. The summed E-state index contributed by atoms with van der Waals surface area (Å²) >= 11 is 0. The number of alkyl halides is 3. The molecule has 1 aromatic carbocycles. The van der Waals surface area contributed by atoms with Gasteiger partial charge in [-0.2, -0.15) is 18.3 Å². The molecule has 1 heterocycles. The first-order valence-electron chi connectivity index (χ1n) is 5.22. The largest absolute Gasteiger partial charge is 0.478 e. The summed E-state index contributed by atoms with van der Waals surface area (Å²) in [7, 11) is 1.59. The van der Waals surface area contributed by atoms with Crippen LogP contribution in [-0.4, -0.2) is 20.9 Å². The second-order valence-corrected chi connectivity index (χ2v) is 3.97. The lowest BCUT2D eigenvalue weighted by Gasteiger charge is -2.12. The topological polar surface area (TPSA) is 55.1 Å². The Morgan fingerprint density at radius 3 is 2.53 bits per heavy atom. The van der Waals surface area contributed by atoms with Crippen LogP contribution in [0.15, 0.2) is 30.6 Å². The molecule has 4 nitrogen and oxygen atoms in total. The predicted octanol–water partition coefficient (Wildman–Crippen LogP) is 2.80. The summed E-state index contributed by atoms with van der Waals surface area (Å²) in [4.78, 5) is 10.7. The zero-order chi connectivity index (χ0) is 14.2. The van der Waals surface area contributed by atoms with Gasteiger partial charge in [0.15, 0.2) is 0 Å². The van der Waals surface area contributed by atoms with Crippen LogP contribution in [0.25, 0.3) is 11.1 Å². The van der Waals surface area contributed by atoms with Gasteiger partial charge in [0.25, 0.3) is 0 Å². The fraction of sp³-hybridized carbons (Fsp3) is 0.167. The van der Waals surface area contributed by atoms with E-state index < -0.39 is 23.3 Å². The number of aryl methyl sites for hydroxylation is 1. The van der Waals surface area contributed by atoms with Gasteiger partial charge in [-0.25, -0.2) is 4.79 Å². The fourth-order valence-corrected chi connectivity index (χ4v) is 1.72. The molecular weight excluding hydrogens is 261 g/mol. The highest BCUT2D eigenvalue weighted by atomic mass is 19.4. The highest BCUT2D eigenvalue weighted by molar-refractivity contribution is 5.89. The number of carboxylic acid groups (broad SMARTS) is 1. The van der Waals surface area contributed by atoms with Crippen LogP contribution in [0.1, 0.15) is 15.9 Å². The summed E-state index contributed by atoms with van der Waals surface area (Å²) in [5, 5.41) is 12.6. The maximum absolute atomic E-state index is 13.0. The van der Waals surface area contributed by atoms with Crippen molar-refractivity contribution in [3.63, 3.8) is 0 Å². The Kier molecular flexibility index (Phi) is 3.05. The van der Waals surface area contributed by atoms with Gasteiger partial charge in [-0.05, 0) is 17.7 Å². The maximum Gasteiger partial charge on any atom is 0.417 e. The predicted molar refractivity (Wildman–Crippen MR) is 60.6 cm³/mol. The minimum Gasteiger partial charge on any atom is -0.478 e. The van der Waals surface area contributed by atoms with Gasteiger partial charge in [0.1, 0.15) is 0 Å². The van der Waals surface area contributed by atoms with Crippen molar-refractivity contribution in [1.82, 2.24) is 9.78 Å². The van der Waals surface area contributed by atoms with Gasteiger partial charge in [0.05, 0.1) is 17.3 Å². The van der Waals surface area contributed by atoms with Crippen molar-refractivity contribution in [2.45, 2.75) is 6.18 Å². The number of hydrogen-bond donors (Lipinski definition) is 1. The minimum absolute atomic E-state index is 0.0920. The van der Waals surface area contributed by atoms with E-state index in [1.807, 2.05) is 0 Å². The van der Waals surface area contributed by atoms with Crippen molar-refractivity contribution in [2.24, 2.45) is 7.05 Å². The first-order valence-corrected chi connectivity index (χ1v) is 5.22. The SMILES string of the molecule is Cn1cc(-c2ccc(C(=O)O)cc2C(F)(F)F)cn1. The summed E-state index contributed by atoms with van der Waals surface area (Å²) in [6, 6.07) is 2.91. The molecule has 0 spiro atoms. The van der Waals surface area contributed by atoms with E-state index in [0.29, 0.717) is 6.07 Å². The molecule has 100 valence electrons. The number of benzene rings is 1. The van der Waals surface area contributed by atoms with Crippen LogP contribution < -0.4 is 0 Å². The standard InChI is InChI=1S/C12H9F3N2O2/c1-17-6-8(5-16-17)9-3-2-7(11(18)19)4-10(9)12(13,14)15/h2-6H,1H3,(H,18,19). The van der Waals surface area contributed by atoms with Gasteiger partial charge < -0.3 is 5.11 Å². The van der Waals surface area contributed by atoms with Crippen LogP contribution in [0.4, 0.5) is 13.2 Å². The molecule has 0 fully saturated rings. The average Bonchev–Trinajstić information content (AvgIpc) is 2.73. The summed E-state index contributed by atoms with van der Waals surface area (Å²) in [6.07, 6.45) is -1.90. The molecule has 0 atom stereocenters. The second kappa shape index (κ2) is 4.42. The van der Waals surface area contributed by atoms with Gasteiger partial charge in [0, 0.05) is 18.8 Å². The molecule has 0 aliphatic rings. The number of rotatable bonds is 2. The first-order chi connectivity index (χ1) is 8.79. The molecule has 0 saturated heterocycles. The monoisotopic (exact) mass is 270 g/mol. The Balaban J connectivity index is 2.64. The number of aromatic nitrogens is 2. The number of nitrogens with zero attached hydrogens (tertiary/aromatic N) is 2. The van der Waals surface area contributed by atoms with Crippen molar-refractivity contribution in [3.8, 4) is 11.1 Å². The second-order valence-electron chi connectivity index (χ2n) is 3.97. The van der Waals surface area contributed by atoms with Crippen LogP contribution in [0.3, 0.4) is 0 Å². The Hall–Kier alpha value is -2.31. The molecule has 0 unspecified atom stereocenters. The highest BCUT2D eigenvalue weighted by Crippen LogP contribution is 2.37. The van der Waals surface area contributed by atoms with Crippen LogP contribution in [0, 0.1) is 0 Å². The molecule has 19 heavy (non-hydrogen) atoms. The zero-order valence-electron chi connectivity index (χ0n) is 9.77. The van der Waals surface area contributed by atoms with Gasteiger partial charge >= 0.3 is 12.1 Å². The minimum atomic E-state index is -4.63. The van der Waals surface area contributed by atoms with E-state index in [-0.39, 0.29) is 11.1 Å². The normalized spacial score (nSPS) is 11.6. The van der Waals surface area contributed by atoms with Crippen LogP contribution in [0.2, 0.25) is 0 Å². The Morgan fingerprint density at radius 2 is 2.05 bits per heavy atom. The smallest absolute Gasteiger partial charge is 0.417 e. The lowest BCUT2D eigenvalue weighted by molar-refractivity contribution is -0.137. The Bertz CT molecular complexity index is 632. The Labute approximate surface area is 106 Å². The highest BCUT2D eigenvalue weighted by Gasteiger charge is 2.34. The van der Waals surface area contributed by atoms with Crippen molar-refractivity contribution >= 4 is 5.97 Å². The average molecular weight is 270 g/mol. The molecule has 1 aromatic heterocycles. The molecule has 0 bridgehead atoms. The third kappa shape index (κ3) is 2.59. The van der Waals surface area contributed by atoms with E-state index >= 15 is 0 Å². The molecule has 7 heteroatoms. The van der Waals surface area contributed by atoms with Crippen LogP contribution >= 0.6 is 0 Å². The van der Waals surface area contributed by atoms with Gasteiger partial charge in [-0.15, -0.1) is 0 Å². The number of carboxylic acids is 1. The van der Waals surface area contributed by atoms with Crippen LogP contribution in [0.5, 0.6) is 0 Å². The summed E-state index contributed by atoms with van der Waals surface area (Å²) < 4.78 is 40.3. The van der Waals surface area contributed by atoms with E-state index in [1.54, 1.807) is 7.05 Å². The third-order valence-corrected chi connectivity index (χ3v) is 2.59. The van der Waals surface area contributed by atoms with Gasteiger partial charge in [-0.3, -0.25) is 4.68 Å². The quantitative estimate of drug-likeness (QED) is 0.912. The van der Waals surface area contributed by atoms with Crippen LogP contribution in [-0.2, 0) is 13.2 Å². The molecule has 1 N–H and O–H groups in total. The summed E-state index contributed by atoms with van der Waals surface area (Å²) in [5.41, 5.74) is -1.20. The van der Waals surface area contributed by atoms with E-state index in [9.17, 15) is 18.0 Å². The molecular formula is C12H9F3N2O2. The fourth-order valence-electron chi connectivity index (χ4n) is 1.72. The van der Waals surface area contributed by atoms with Crippen molar-refractivity contribution in [2.75, 3.05) is 0 Å². The number of halogens is 3. The summed E-state index contributed by atoms with van der Waals surface area (Å²) in [6.45, 7) is 0. The first kappa shape index (κ1) is 13.1. The molecule has 0 saturated carbocycles. The lowest BCUT2D eigenvalue weighted by atomic mass is 9.99. The molecule has 0 amide bonds. The van der Waals surface area contributed by atoms with Crippen molar-refractivity contribution < 1.29 is 23.1 Å². The van der Waals surface area contributed by atoms with Crippen molar-refractivity contribution in [3.05, 3.63) is 41.7 Å². The molecule has 0 aliphatic carbocycles. The third-order valence-electron chi connectivity index (χ3n) is 2.59. The summed E-state index contributed by atoms with van der Waals surface area (Å²) in [5.74, 6) is -1.40. The molecule has 2 rings (SSSR count). The maximum atomic E-state index is 13.0. The molecule has 0 aliphatic heterocycles. The Morgan fingerprint density at radius 1 is 1.37 bits per heavy atom. The molecule has 0 radical (unpaired) electrons. The number of aromatic carboxylic acids is 1. The molecule has 2 aromatic rings. The van der Waals surface area contributed by atoms with Gasteiger partial charge in [-0.1, -0.05) is 6.07 Å². The van der Waals surface area contributed by atoms with E-state index in [4.69, 9.17) is 5.11 Å². The number of hydrogen-bond acceptors (Lipinski definition) is 2. The van der Waals surface area contributed by atoms with Crippen molar-refractivity contribution in [1.29, 1.82) is 0 Å². The number of carbonyl (C=O) groups is 1. The van der Waals surface area contributed by atoms with E-state index in [1.165, 1.54) is 17.1 Å². The lowest BCUT2D eigenvalue weighted by Crippen LogP contribution is -2.09. The van der Waals surface area contributed by atoms with Gasteiger partial charge in [0.2, 0.25) is 0 Å². The van der Waals surface area contributed by atoms with E-state index in [2.05, 4.69) is 5.10 Å². The van der Waals surface area contributed by atoms with E-state index in [0.717, 1.165) is 12.1 Å².